The summed E-state index contributed by atoms with van der Waals surface area (Å²) in [6.07, 6.45) is 4.68. The van der Waals surface area contributed by atoms with E-state index < -0.39 is 5.91 Å². The molecule has 0 atom stereocenters. The fraction of sp³-hybridized carbons (Fsp3) is 0.292. The molecule has 0 saturated heterocycles. The molecular weight excluding hydrogens is 454 g/mol. The lowest BCUT2D eigenvalue weighted by Crippen LogP contribution is -2.33. The number of carbonyl (C=O) groups excluding carboxylic acids is 3. The topological polar surface area (TPSA) is 138 Å². The number of H-pyrrole nitrogens is 1. The Morgan fingerprint density at radius 3 is 2.85 bits per heavy atom. The number of nitrogens with one attached hydrogen (secondary N) is 2. The molecule has 1 aliphatic carbocycles. The molecule has 10 heteroatoms. The maximum atomic E-state index is 12.7. The Morgan fingerprint density at radius 2 is 2.06 bits per heavy atom. The van der Waals surface area contributed by atoms with Crippen molar-refractivity contribution in [2.75, 3.05) is 6.54 Å². The van der Waals surface area contributed by atoms with Crippen LogP contribution in [0.3, 0.4) is 0 Å². The lowest BCUT2D eigenvalue weighted by Gasteiger charge is -2.31. The summed E-state index contributed by atoms with van der Waals surface area (Å²) in [4.78, 5) is 58.4. The summed E-state index contributed by atoms with van der Waals surface area (Å²) in [7, 11) is 0. The lowest BCUT2D eigenvalue weighted by molar-refractivity contribution is -0.108. The highest BCUT2D eigenvalue weighted by molar-refractivity contribution is 7.18. The van der Waals surface area contributed by atoms with Crippen molar-refractivity contribution >= 4 is 40.0 Å². The molecule has 1 aromatic carbocycles. The Morgan fingerprint density at radius 1 is 1.21 bits per heavy atom. The first-order valence-corrected chi connectivity index (χ1v) is 11.9. The van der Waals surface area contributed by atoms with Crippen LogP contribution >= 0.6 is 11.3 Å². The molecule has 3 heterocycles. The van der Waals surface area contributed by atoms with Crippen molar-refractivity contribution in [3.8, 4) is 0 Å². The first-order valence-electron chi connectivity index (χ1n) is 11.1. The van der Waals surface area contributed by atoms with Crippen molar-refractivity contribution in [1.29, 1.82) is 0 Å². The number of hydrogen-bond acceptors (Lipinski definition) is 8. The van der Waals surface area contributed by atoms with Gasteiger partial charge in [0.05, 0.1) is 11.1 Å². The van der Waals surface area contributed by atoms with Gasteiger partial charge in [-0.05, 0) is 47.9 Å². The van der Waals surface area contributed by atoms with Gasteiger partial charge in [-0.2, -0.15) is 0 Å². The highest BCUT2D eigenvalue weighted by Crippen LogP contribution is 2.34. The molecule has 1 amide bonds. The maximum Gasteiger partial charge on any atom is 0.287 e. The number of aryl methyl sites for hydroxylation is 2. The van der Waals surface area contributed by atoms with Crippen LogP contribution in [0.5, 0.6) is 0 Å². The van der Waals surface area contributed by atoms with E-state index in [-0.39, 0.29) is 29.3 Å². The van der Waals surface area contributed by atoms with Crippen LogP contribution in [-0.4, -0.2) is 39.9 Å². The zero-order valence-corrected chi connectivity index (χ0v) is 19.2. The first-order chi connectivity index (χ1) is 16.5. The van der Waals surface area contributed by atoms with Crippen LogP contribution in [0.4, 0.5) is 0 Å². The SMILES string of the molecule is N/C(C=O)=C(/C=O)N1CCc2ccc(CNC(=O)c3nc4sc5c(c4c(=O)[nH]3)CCC5)cc2C1. The van der Waals surface area contributed by atoms with E-state index >= 15 is 0 Å². The van der Waals surface area contributed by atoms with Gasteiger partial charge < -0.3 is 20.9 Å². The molecule has 9 nitrogen and oxygen atoms in total. The number of fused-ring (bicyclic) bond motifs is 4. The summed E-state index contributed by atoms with van der Waals surface area (Å²) in [5, 5.41) is 3.44. The lowest BCUT2D eigenvalue weighted by atomic mass is 9.97. The van der Waals surface area contributed by atoms with E-state index in [1.54, 1.807) is 4.90 Å². The van der Waals surface area contributed by atoms with Gasteiger partial charge in [0.1, 0.15) is 10.5 Å². The number of thiophene rings is 1. The molecule has 0 spiro atoms. The number of nitrogens with two attached hydrogens (primary N) is 1. The van der Waals surface area contributed by atoms with Gasteiger partial charge in [-0.15, -0.1) is 11.3 Å². The third-order valence-electron chi connectivity index (χ3n) is 6.40. The number of aromatic amines is 1. The fourth-order valence-electron chi connectivity index (χ4n) is 4.69. The Bertz CT molecular complexity index is 1420. The number of aromatic nitrogens is 2. The van der Waals surface area contributed by atoms with Gasteiger partial charge in [0, 0.05) is 24.5 Å². The Hall–Kier alpha value is -3.79. The van der Waals surface area contributed by atoms with Gasteiger partial charge in [0.25, 0.3) is 11.5 Å². The highest BCUT2D eigenvalue weighted by Gasteiger charge is 2.23. The third kappa shape index (κ3) is 3.90. The number of benzene rings is 1. The summed E-state index contributed by atoms with van der Waals surface area (Å²) < 4.78 is 0. The number of amides is 1. The summed E-state index contributed by atoms with van der Waals surface area (Å²) in [5.41, 5.74) is 9.59. The van der Waals surface area contributed by atoms with Crippen LogP contribution in [0.2, 0.25) is 0 Å². The highest BCUT2D eigenvalue weighted by atomic mass is 32.1. The Kier molecular flexibility index (Phi) is 5.74. The minimum atomic E-state index is -0.447. The van der Waals surface area contributed by atoms with Gasteiger partial charge in [-0.1, -0.05) is 18.2 Å². The van der Waals surface area contributed by atoms with E-state index in [1.165, 1.54) is 16.2 Å². The van der Waals surface area contributed by atoms with E-state index in [1.807, 2.05) is 18.2 Å². The summed E-state index contributed by atoms with van der Waals surface area (Å²) in [6.45, 7) is 1.27. The molecule has 1 aliphatic heterocycles. The van der Waals surface area contributed by atoms with E-state index in [0.29, 0.717) is 42.3 Å². The molecule has 174 valence electrons. The monoisotopic (exact) mass is 477 g/mol. The molecule has 34 heavy (non-hydrogen) atoms. The second kappa shape index (κ2) is 8.86. The van der Waals surface area contributed by atoms with Crippen molar-refractivity contribution < 1.29 is 14.4 Å². The quantitative estimate of drug-likeness (QED) is 0.360. The van der Waals surface area contributed by atoms with E-state index in [4.69, 9.17) is 5.73 Å². The van der Waals surface area contributed by atoms with Crippen molar-refractivity contribution in [3.05, 3.63) is 72.9 Å². The van der Waals surface area contributed by atoms with Crippen molar-refractivity contribution in [2.24, 2.45) is 5.73 Å². The van der Waals surface area contributed by atoms with Crippen molar-refractivity contribution in [3.63, 3.8) is 0 Å². The Balaban J connectivity index is 1.31. The van der Waals surface area contributed by atoms with Crippen molar-refractivity contribution in [2.45, 2.75) is 38.8 Å². The van der Waals surface area contributed by atoms with Gasteiger partial charge in [0.15, 0.2) is 12.6 Å². The normalized spacial score (nSPS) is 15.5. The summed E-state index contributed by atoms with van der Waals surface area (Å²) in [5.74, 6) is -0.441. The van der Waals surface area contributed by atoms with Crippen LogP contribution < -0.4 is 16.6 Å². The maximum absolute atomic E-state index is 12.7. The minimum Gasteiger partial charge on any atom is -0.394 e. The molecule has 3 aromatic rings. The van der Waals surface area contributed by atoms with E-state index in [2.05, 4.69) is 15.3 Å². The second-order valence-electron chi connectivity index (χ2n) is 8.49. The smallest absolute Gasteiger partial charge is 0.287 e. The molecule has 0 bridgehead atoms. The molecule has 4 N–H and O–H groups in total. The summed E-state index contributed by atoms with van der Waals surface area (Å²) >= 11 is 1.49. The standard InChI is InChI=1S/C24H23N5O4S/c25-17(11-30)18(12-31)29-7-6-14-5-4-13(8-15(14)10-29)9-26-23(33)21-27-22(32)20-16-2-1-3-19(16)34-24(20)28-21/h4-5,8,11-12H,1-3,6-7,9-10,25H2,(H,26,33)(H,27,28,32)/b18-17-. The number of hydrogen-bond donors (Lipinski definition) is 3. The predicted octanol–water partition coefficient (Wildman–Crippen LogP) is 1.33. The molecule has 0 saturated carbocycles. The average molecular weight is 478 g/mol. The molecular formula is C24H23N5O4S. The third-order valence-corrected chi connectivity index (χ3v) is 7.59. The van der Waals surface area contributed by atoms with Gasteiger partial charge in [-0.25, -0.2) is 4.98 Å². The average Bonchev–Trinajstić information content (AvgIpc) is 3.43. The van der Waals surface area contributed by atoms with Crippen molar-refractivity contribution in [1.82, 2.24) is 20.2 Å². The predicted molar refractivity (Wildman–Crippen MR) is 127 cm³/mol. The number of allylic oxidation sites excluding steroid dienone is 2. The minimum absolute atomic E-state index is 0.00617. The van der Waals surface area contributed by atoms with Gasteiger partial charge >= 0.3 is 0 Å². The zero-order valence-electron chi connectivity index (χ0n) is 18.3. The van der Waals surface area contributed by atoms with Crippen LogP contribution in [0.25, 0.3) is 10.2 Å². The molecule has 0 unspecified atom stereocenters. The van der Waals surface area contributed by atoms with Gasteiger partial charge in [-0.3, -0.25) is 19.2 Å². The molecule has 2 aliphatic rings. The van der Waals surface area contributed by atoms with Crippen LogP contribution in [0.1, 0.15) is 44.2 Å². The first kappa shape index (κ1) is 22.0. The second-order valence-corrected chi connectivity index (χ2v) is 9.57. The van der Waals surface area contributed by atoms with Gasteiger partial charge in [0.2, 0.25) is 5.82 Å². The number of rotatable bonds is 6. The van der Waals surface area contributed by atoms with Crippen LogP contribution in [0, 0.1) is 0 Å². The fourth-order valence-corrected chi connectivity index (χ4v) is 5.95. The van der Waals surface area contributed by atoms with E-state index in [9.17, 15) is 19.2 Å². The number of nitrogens with zero attached hydrogens (tertiary/aromatic N) is 2. The molecule has 0 radical (unpaired) electrons. The zero-order chi connectivity index (χ0) is 23.8. The van der Waals surface area contributed by atoms with Crippen LogP contribution in [-0.2, 0) is 41.9 Å². The summed E-state index contributed by atoms with van der Waals surface area (Å²) in [6, 6.07) is 5.90. The van der Waals surface area contributed by atoms with E-state index in [0.717, 1.165) is 41.5 Å². The number of carbonyl (C=O) groups is 3. The Labute approximate surface area is 198 Å². The molecule has 0 fully saturated rings. The van der Waals surface area contributed by atoms with Crippen LogP contribution in [0.15, 0.2) is 34.4 Å². The number of aldehydes is 2. The largest absolute Gasteiger partial charge is 0.394 e. The molecule has 2 aromatic heterocycles. The molecule has 5 rings (SSSR count).